The van der Waals surface area contributed by atoms with E-state index in [9.17, 15) is 0 Å². The number of aromatic nitrogens is 1. The molecule has 3 rings (SSSR count). The number of nitrogens with two attached hydrogens (primary N) is 1. The predicted octanol–water partition coefficient (Wildman–Crippen LogP) is 2.91. The molecule has 0 spiro atoms. The van der Waals surface area contributed by atoms with Gasteiger partial charge in [0.1, 0.15) is 23.2 Å². The maximum Gasteiger partial charge on any atom is 0.149 e. The highest BCUT2D eigenvalue weighted by molar-refractivity contribution is 5.95. The number of nitrogens with zero attached hydrogens (tertiary/aromatic N) is 1. The highest BCUT2D eigenvalue weighted by Crippen LogP contribution is 2.30. The van der Waals surface area contributed by atoms with E-state index in [4.69, 9.17) is 21.1 Å². The first kappa shape index (κ1) is 13.8. The van der Waals surface area contributed by atoms with Crippen LogP contribution in [0, 0.1) is 5.41 Å². The summed E-state index contributed by atoms with van der Waals surface area (Å²) in [5.74, 6) is 1.53. The van der Waals surface area contributed by atoms with Gasteiger partial charge in [0, 0.05) is 17.0 Å². The molecule has 0 saturated carbocycles. The highest BCUT2D eigenvalue weighted by atomic mass is 16.5. The molecular weight excluding hydrogens is 280 g/mol. The number of para-hydroxylation sites is 1. The summed E-state index contributed by atoms with van der Waals surface area (Å²) in [6.07, 6.45) is 0. The Morgan fingerprint density at radius 2 is 1.86 bits per heavy atom. The Balaban J connectivity index is 1.94. The minimum atomic E-state index is -0.0786. The van der Waals surface area contributed by atoms with Crippen molar-refractivity contribution >= 4 is 22.6 Å². The van der Waals surface area contributed by atoms with Crippen LogP contribution in [-0.4, -0.2) is 16.0 Å². The van der Waals surface area contributed by atoms with Gasteiger partial charge in [-0.1, -0.05) is 12.1 Å². The summed E-state index contributed by atoms with van der Waals surface area (Å²) in [4.78, 5) is 4.26. The van der Waals surface area contributed by atoms with E-state index in [0.717, 1.165) is 10.9 Å². The second-order valence-corrected chi connectivity index (χ2v) is 4.68. The van der Waals surface area contributed by atoms with E-state index >= 15 is 0 Å². The topological polar surface area (TPSA) is 104 Å². The van der Waals surface area contributed by atoms with E-state index in [1.54, 1.807) is 35.8 Å². The molecule has 1 aromatic heterocycles. The summed E-state index contributed by atoms with van der Waals surface area (Å²) in [6, 6.07) is 16.0. The fourth-order valence-corrected chi connectivity index (χ4v) is 2.13. The van der Waals surface area contributed by atoms with Crippen molar-refractivity contribution in [2.45, 2.75) is 0 Å². The quantitative estimate of drug-likeness (QED) is 0.338. The largest absolute Gasteiger partial charge is 0.457 e. The summed E-state index contributed by atoms with van der Waals surface area (Å²) in [5.41, 5.74) is 8.92. The second-order valence-electron chi connectivity index (χ2n) is 4.68. The summed E-state index contributed by atoms with van der Waals surface area (Å²) in [6.45, 7) is 0. The molecule has 0 aliphatic carbocycles. The number of fused-ring (bicyclic) bond motifs is 1. The molecule has 0 fully saturated rings. The molecule has 110 valence electrons. The Labute approximate surface area is 126 Å². The summed E-state index contributed by atoms with van der Waals surface area (Å²) in [7, 11) is 0. The van der Waals surface area contributed by atoms with Crippen molar-refractivity contribution in [1.29, 1.82) is 5.41 Å². The second kappa shape index (κ2) is 5.71. The van der Waals surface area contributed by atoms with Crippen LogP contribution >= 0.6 is 0 Å². The highest BCUT2D eigenvalue weighted by Gasteiger charge is 2.07. The maximum atomic E-state index is 8.71. The van der Waals surface area contributed by atoms with Gasteiger partial charge in [-0.3, -0.25) is 16.1 Å². The lowest BCUT2D eigenvalue weighted by molar-refractivity contribution is 0.234. The van der Waals surface area contributed by atoms with Gasteiger partial charge < -0.3 is 10.5 Å². The van der Waals surface area contributed by atoms with Gasteiger partial charge in [-0.15, -0.1) is 0 Å². The summed E-state index contributed by atoms with van der Waals surface area (Å²) < 4.78 is 5.87. The van der Waals surface area contributed by atoms with Crippen LogP contribution in [0.2, 0.25) is 0 Å². The number of hydrogen-bond acceptors (Lipinski definition) is 5. The number of hydroxylamine groups is 1. The lowest BCUT2D eigenvalue weighted by atomic mass is 10.2. The lowest BCUT2D eigenvalue weighted by Gasteiger charge is -2.10. The number of hydrogen-bond donors (Lipinski definition) is 4. The van der Waals surface area contributed by atoms with Crippen LogP contribution in [0.5, 0.6) is 11.5 Å². The number of anilines is 1. The third-order valence-corrected chi connectivity index (χ3v) is 3.18. The minimum Gasteiger partial charge on any atom is -0.457 e. The molecule has 0 atom stereocenters. The smallest absolute Gasteiger partial charge is 0.149 e. The van der Waals surface area contributed by atoms with Gasteiger partial charge in [-0.2, -0.15) is 0 Å². The zero-order chi connectivity index (χ0) is 15.5. The number of nitrogen functional groups attached to an aromatic ring is 1. The Kier molecular flexibility index (Phi) is 3.59. The van der Waals surface area contributed by atoms with Crippen LogP contribution in [0.15, 0.2) is 54.6 Å². The molecule has 0 amide bonds. The first-order valence-corrected chi connectivity index (χ1v) is 6.59. The van der Waals surface area contributed by atoms with E-state index in [1.807, 2.05) is 24.3 Å². The van der Waals surface area contributed by atoms with Crippen molar-refractivity contribution in [3.63, 3.8) is 0 Å². The van der Waals surface area contributed by atoms with E-state index in [-0.39, 0.29) is 5.84 Å². The normalized spacial score (nSPS) is 10.4. The van der Waals surface area contributed by atoms with Gasteiger partial charge in [0.15, 0.2) is 0 Å². The van der Waals surface area contributed by atoms with Gasteiger partial charge in [-0.25, -0.2) is 4.98 Å². The summed E-state index contributed by atoms with van der Waals surface area (Å²) >= 11 is 0. The molecule has 22 heavy (non-hydrogen) atoms. The van der Waals surface area contributed by atoms with Crippen LogP contribution in [0.3, 0.4) is 0 Å². The molecule has 0 aliphatic heterocycles. The number of amidine groups is 1. The van der Waals surface area contributed by atoms with Crippen LogP contribution in [0.1, 0.15) is 5.56 Å². The molecule has 0 radical (unpaired) electrons. The third kappa shape index (κ3) is 2.68. The van der Waals surface area contributed by atoms with Crippen LogP contribution in [0.4, 0.5) is 5.82 Å². The van der Waals surface area contributed by atoms with Crippen LogP contribution in [-0.2, 0) is 0 Å². The van der Waals surface area contributed by atoms with Crippen molar-refractivity contribution < 1.29 is 9.94 Å². The minimum absolute atomic E-state index is 0.0786. The van der Waals surface area contributed by atoms with E-state index < -0.39 is 0 Å². The molecule has 1 heterocycles. The molecule has 0 saturated heterocycles. The van der Waals surface area contributed by atoms with E-state index in [0.29, 0.717) is 22.9 Å². The van der Waals surface area contributed by atoms with Gasteiger partial charge in [-0.05, 0) is 36.4 Å². The third-order valence-electron chi connectivity index (χ3n) is 3.18. The predicted molar refractivity (Wildman–Crippen MR) is 84.4 cm³/mol. The van der Waals surface area contributed by atoms with Crippen LogP contribution in [0.25, 0.3) is 10.9 Å². The zero-order valence-electron chi connectivity index (χ0n) is 11.6. The maximum absolute atomic E-state index is 8.71. The lowest BCUT2D eigenvalue weighted by Crippen LogP contribution is -2.18. The molecule has 2 aromatic carbocycles. The molecule has 3 aromatic rings. The number of pyridine rings is 1. The fourth-order valence-electron chi connectivity index (χ4n) is 2.13. The first-order chi connectivity index (χ1) is 10.7. The van der Waals surface area contributed by atoms with Crippen molar-refractivity contribution in [3.05, 3.63) is 60.2 Å². The fraction of sp³-hybridized carbons (Fsp3) is 0. The monoisotopic (exact) mass is 294 g/mol. The van der Waals surface area contributed by atoms with Gasteiger partial charge in [0.25, 0.3) is 0 Å². The molecular formula is C16H14N4O2. The van der Waals surface area contributed by atoms with Crippen molar-refractivity contribution in [1.82, 2.24) is 10.5 Å². The first-order valence-electron chi connectivity index (χ1n) is 6.59. The average molecular weight is 294 g/mol. The molecule has 0 aliphatic rings. The summed E-state index contributed by atoms with van der Waals surface area (Å²) in [5, 5.41) is 17.1. The van der Waals surface area contributed by atoms with Gasteiger partial charge in [0.05, 0.1) is 5.52 Å². The van der Waals surface area contributed by atoms with E-state index in [2.05, 4.69) is 4.98 Å². The van der Waals surface area contributed by atoms with Crippen molar-refractivity contribution in [2.75, 3.05) is 5.73 Å². The SMILES string of the molecule is N=C(NO)c1ccc(Oc2cc(N)nc3ccccc23)cc1. The molecule has 0 bridgehead atoms. The number of nitrogens with one attached hydrogen (secondary N) is 2. The Hall–Kier alpha value is -3.12. The Morgan fingerprint density at radius 1 is 1.14 bits per heavy atom. The van der Waals surface area contributed by atoms with Crippen molar-refractivity contribution in [3.8, 4) is 11.5 Å². The molecule has 6 nitrogen and oxygen atoms in total. The van der Waals surface area contributed by atoms with Gasteiger partial charge in [0.2, 0.25) is 0 Å². The number of rotatable bonds is 3. The Morgan fingerprint density at radius 3 is 2.59 bits per heavy atom. The van der Waals surface area contributed by atoms with Gasteiger partial charge >= 0.3 is 0 Å². The zero-order valence-corrected chi connectivity index (χ0v) is 11.6. The van der Waals surface area contributed by atoms with Crippen molar-refractivity contribution in [2.24, 2.45) is 0 Å². The molecule has 6 heteroatoms. The number of benzene rings is 2. The standard InChI is InChI=1S/C16H14N4O2/c17-15-9-14(12-3-1-2-4-13(12)19-15)22-11-7-5-10(6-8-11)16(18)20-21/h1-9,21H,(H2,17,19)(H2,18,20). The average Bonchev–Trinajstić information content (AvgIpc) is 2.54. The molecule has 5 N–H and O–H groups in total. The van der Waals surface area contributed by atoms with Crippen LogP contribution < -0.4 is 16.0 Å². The van der Waals surface area contributed by atoms with E-state index in [1.165, 1.54) is 0 Å². The number of ether oxygens (including phenoxy) is 1. The molecule has 0 unspecified atom stereocenters. The Bertz CT molecular complexity index is 831.